The zero-order valence-electron chi connectivity index (χ0n) is 14.2. The molecule has 0 spiro atoms. The Balaban J connectivity index is 1.50. The lowest BCUT2D eigenvalue weighted by atomic mass is 10.0. The van der Waals surface area contributed by atoms with Gasteiger partial charge < -0.3 is 14.5 Å². The average molecular weight is 331 g/mol. The van der Waals surface area contributed by atoms with E-state index in [4.69, 9.17) is 4.74 Å². The van der Waals surface area contributed by atoms with E-state index in [0.717, 1.165) is 19.4 Å². The molecule has 24 heavy (non-hydrogen) atoms. The van der Waals surface area contributed by atoms with Crippen LogP contribution < -0.4 is 4.74 Å². The predicted molar refractivity (Wildman–Crippen MR) is 90.9 cm³/mol. The molecule has 0 unspecified atom stereocenters. The summed E-state index contributed by atoms with van der Waals surface area (Å²) in [6.07, 6.45) is 2.87. The van der Waals surface area contributed by atoms with Crippen molar-refractivity contribution in [3.63, 3.8) is 0 Å². The van der Waals surface area contributed by atoms with E-state index in [1.165, 1.54) is 6.42 Å². The summed E-state index contributed by atoms with van der Waals surface area (Å²) in [5.74, 6) is 0.748. The molecule has 130 valence electrons. The van der Waals surface area contributed by atoms with Gasteiger partial charge in [0.1, 0.15) is 5.75 Å². The van der Waals surface area contributed by atoms with E-state index in [9.17, 15) is 9.59 Å². The van der Waals surface area contributed by atoms with Gasteiger partial charge in [0.05, 0.1) is 6.04 Å². The number of carbonyl (C=O) groups excluding carboxylic acids is 2. The molecule has 3 rings (SSSR count). The minimum atomic E-state index is -0.344. The zero-order chi connectivity index (χ0) is 16.9. The van der Waals surface area contributed by atoms with Crippen LogP contribution in [0, 0.1) is 0 Å². The second-order valence-electron chi connectivity index (χ2n) is 6.49. The monoisotopic (exact) mass is 331 g/mol. The summed E-state index contributed by atoms with van der Waals surface area (Å²) in [5.41, 5.74) is 0. The predicted octanol–water partition coefficient (Wildman–Crippen LogP) is 1.81. The molecule has 6 heteroatoms. The molecule has 2 saturated heterocycles. The third-order valence-corrected chi connectivity index (χ3v) is 4.85. The first kappa shape index (κ1) is 16.8. The summed E-state index contributed by atoms with van der Waals surface area (Å²) in [5, 5.41) is 0. The van der Waals surface area contributed by atoms with Crippen molar-refractivity contribution in [3.05, 3.63) is 30.3 Å². The van der Waals surface area contributed by atoms with E-state index >= 15 is 0 Å². The minimum Gasteiger partial charge on any atom is -0.410 e. The van der Waals surface area contributed by atoms with Crippen LogP contribution in [0.4, 0.5) is 4.79 Å². The van der Waals surface area contributed by atoms with Crippen molar-refractivity contribution in [2.24, 2.45) is 0 Å². The van der Waals surface area contributed by atoms with E-state index in [-0.39, 0.29) is 18.0 Å². The number of amides is 2. The molecular formula is C18H25N3O3. The molecule has 0 aromatic heterocycles. The van der Waals surface area contributed by atoms with Crippen LogP contribution in [0.2, 0.25) is 0 Å². The first-order valence-corrected chi connectivity index (χ1v) is 8.66. The summed E-state index contributed by atoms with van der Waals surface area (Å²) in [6, 6.07) is 9.07. The first-order valence-electron chi connectivity index (χ1n) is 8.66. The Bertz CT molecular complexity index is 570. The normalized spacial score (nSPS) is 22.3. The second-order valence-corrected chi connectivity index (χ2v) is 6.49. The van der Waals surface area contributed by atoms with E-state index < -0.39 is 0 Å². The van der Waals surface area contributed by atoms with Gasteiger partial charge in [0.2, 0.25) is 5.91 Å². The highest BCUT2D eigenvalue weighted by Crippen LogP contribution is 2.18. The van der Waals surface area contributed by atoms with E-state index in [0.29, 0.717) is 31.9 Å². The molecule has 0 N–H and O–H groups in total. The van der Waals surface area contributed by atoms with Crippen molar-refractivity contribution in [1.82, 2.24) is 14.7 Å². The molecule has 0 bridgehead atoms. The number of hydrogen-bond donors (Lipinski definition) is 0. The molecule has 0 saturated carbocycles. The van der Waals surface area contributed by atoms with Gasteiger partial charge in [-0.05, 0) is 38.6 Å². The highest BCUT2D eigenvalue weighted by atomic mass is 16.6. The molecule has 1 atom stereocenters. The number of hydrogen-bond acceptors (Lipinski definition) is 4. The van der Waals surface area contributed by atoms with Crippen LogP contribution in [0.3, 0.4) is 0 Å². The number of ether oxygens (including phenoxy) is 1. The number of piperazine rings is 1. The van der Waals surface area contributed by atoms with Gasteiger partial charge >= 0.3 is 6.09 Å². The summed E-state index contributed by atoms with van der Waals surface area (Å²) >= 11 is 0. The Morgan fingerprint density at radius 2 is 1.62 bits per heavy atom. The van der Waals surface area contributed by atoms with Gasteiger partial charge in [-0.3, -0.25) is 9.69 Å². The van der Waals surface area contributed by atoms with Gasteiger partial charge in [-0.1, -0.05) is 24.6 Å². The Kier molecular flexibility index (Phi) is 5.35. The molecule has 0 aliphatic carbocycles. The minimum absolute atomic E-state index is 0.00145. The van der Waals surface area contributed by atoms with Crippen molar-refractivity contribution < 1.29 is 14.3 Å². The highest BCUT2D eigenvalue weighted by molar-refractivity contribution is 5.82. The van der Waals surface area contributed by atoms with Crippen molar-refractivity contribution in [3.8, 4) is 5.75 Å². The van der Waals surface area contributed by atoms with E-state index in [1.807, 2.05) is 30.1 Å². The van der Waals surface area contributed by atoms with Gasteiger partial charge in [0, 0.05) is 26.2 Å². The average Bonchev–Trinajstić information content (AvgIpc) is 2.62. The van der Waals surface area contributed by atoms with Crippen LogP contribution in [0.1, 0.15) is 19.3 Å². The van der Waals surface area contributed by atoms with Gasteiger partial charge in [0.25, 0.3) is 0 Å². The van der Waals surface area contributed by atoms with Crippen LogP contribution in [0.25, 0.3) is 0 Å². The Morgan fingerprint density at radius 3 is 2.29 bits per heavy atom. The fourth-order valence-corrected chi connectivity index (χ4v) is 3.36. The molecule has 1 aromatic rings. The maximum Gasteiger partial charge on any atom is 0.415 e. The maximum atomic E-state index is 12.7. The fraction of sp³-hybridized carbons (Fsp3) is 0.556. The maximum absolute atomic E-state index is 12.7. The van der Waals surface area contributed by atoms with Crippen LogP contribution in [0.5, 0.6) is 5.75 Å². The number of benzene rings is 1. The largest absolute Gasteiger partial charge is 0.415 e. The lowest BCUT2D eigenvalue weighted by Crippen LogP contribution is -2.56. The Hall–Kier alpha value is -2.08. The van der Waals surface area contributed by atoms with Crippen LogP contribution >= 0.6 is 0 Å². The quantitative estimate of drug-likeness (QED) is 0.829. The molecule has 6 nitrogen and oxygen atoms in total. The Morgan fingerprint density at radius 1 is 0.958 bits per heavy atom. The molecule has 2 aliphatic heterocycles. The highest BCUT2D eigenvalue weighted by Gasteiger charge is 2.32. The van der Waals surface area contributed by atoms with Crippen molar-refractivity contribution in [1.29, 1.82) is 0 Å². The number of carbonyl (C=O) groups is 2. The smallest absolute Gasteiger partial charge is 0.410 e. The summed E-state index contributed by atoms with van der Waals surface area (Å²) in [4.78, 5) is 30.6. The van der Waals surface area contributed by atoms with Gasteiger partial charge in [-0.15, -0.1) is 0 Å². The number of likely N-dealkylation sites (tertiary alicyclic amines) is 1. The molecule has 2 amide bonds. The number of rotatable bonds is 2. The van der Waals surface area contributed by atoms with E-state index in [1.54, 1.807) is 17.0 Å². The molecule has 1 aromatic carbocycles. The summed E-state index contributed by atoms with van der Waals surface area (Å²) < 4.78 is 5.36. The van der Waals surface area contributed by atoms with Crippen LogP contribution in [-0.2, 0) is 4.79 Å². The molecule has 2 aliphatic rings. The van der Waals surface area contributed by atoms with Crippen LogP contribution in [-0.4, -0.2) is 72.5 Å². The molecule has 2 heterocycles. The second kappa shape index (κ2) is 7.66. The summed E-state index contributed by atoms with van der Waals surface area (Å²) in [6.45, 7) is 3.18. The van der Waals surface area contributed by atoms with E-state index in [2.05, 4.69) is 4.90 Å². The number of para-hydroxylation sites is 1. The van der Waals surface area contributed by atoms with Crippen LogP contribution in [0.15, 0.2) is 30.3 Å². The lowest BCUT2D eigenvalue weighted by molar-refractivity contribution is -0.139. The van der Waals surface area contributed by atoms with Gasteiger partial charge in [-0.25, -0.2) is 4.79 Å². The molecular weight excluding hydrogens is 306 g/mol. The van der Waals surface area contributed by atoms with Crippen molar-refractivity contribution in [2.45, 2.75) is 25.3 Å². The third-order valence-electron chi connectivity index (χ3n) is 4.85. The standard InChI is InChI=1S/C18H25N3O3/c1-19-10-6-5-9-16(19)17(22)20-11-13-21(14-12-20)18(23)24-15-7-3-2-4-8-15/h2-4,7-8,16H,5-6,9-14H2,1H3/t16-/m1/s1. The topological polar surface area (TPSA) is 53.1 Å². The fourth-order valence-electron chi connectivity index (χ4n) is 3.36. The lowest BCUT2D eigenvalue weighted by Gasteiger charge is -2.39. The third kappa shape index (κ3) is 3.87. The van der Waals surface area contributed by atoms with Crippen molar-refractivity contribution >= 4 is 12.0 Å². The number of likely N-dealkylation sites (N-methyl/N-ethyl adjacent to an activating group) is 1. The zero-order valence-corrected chi connectivity index (χ0v) is 14.2. The Labute approximate surface area is 143 Å². The molecule has 0 radical (unpaired) electrons. The number of nitrogens with zero attached hydrogens (tertiary/aromatic N) is 3. The number of piperidine rings is 1. The van der Waals surface area contributed by atoms with Crippen molar-refractivity contribution in [2.75, 3.05) is 39.8 Å². The first-order chi connectivity index (χ1) is 11.6. The SMILES string of the molecule is CN1CCCC[C@@H]1C(=O)N1CCN(C(=O)Oc2ccccc2)CC1. The van der Waals surface area contributed by atoms with Gasteiger partial charge in [-0.2, -0.15) is 0 Å². The summed E-state index contributed by atoms with van der Waals surface area (Å²) in [7, 11) is 2.02. The molecule has 2 fully saturated rings. The van der Waals surface area contributed by atoms with Gasteiger partial charge in [0.15, 0.2) is 0 Å².